The van der Waals surface area contributed by atoms with Crippen LogP contribution in [0.3, 0.4) is 0 Å². The molecule has 3 nitrogen and oxygen atoms in total. The maximum absolute atomic E-state index is 10.3. The van der Waals surface area contributed by atoms with Gasteiger partial charge in [0.15, 0.2) is 0 Å². The first-order chi connectivity index (χ1) is 8.65. The molecule has 0 saturated heterocycles. The summed E-state index contributed by atoms with van der Waals surface area (Å²) in [6.45, 7) is 2.31. The zero-order valence-corrected chi connectivity index (χ0v) is 10.5. The summed E-state index contributed by atoms with van der Waals surface area (Å²) < 4.78 is 0. The molecule has 2 atom stereocenters. The van der Waals surface area contributed by atoms with Crippen LogP contribution in [-0.2, 0) is 0 Å². The molecule has 18 heavy (non-hydrogen) atoms. The first-order valence-corrected chi connectivity index (χ1v) is 6.19. The number of rotatable bonds is 4. The van der Waals surface area contributed by atoms with E-state index in [1.807, 2.05) is 43.3 Å². The van der Waals surface area contributed by atoms with Crippen molar-refractivity contribution in [2.24, 2.45) is 5.73 Å². The lowest BCUT2D eigenvalue weighted by Gasteiger charge is -2.21. The zero-order chi connectivity index (χ0) is 13.1. The Hall–Kier alpha value is -1.42. The van der Waals surface area contributed by atoms with Crippen LogP contribution < -0.4 is 5.73 Å². The molecule has 2 aromatic rings. The van der Waals surface area contributed by atoms with Crippen LogP contribution in [0.4, 0.5) is 0 Å². The van der Waals surface area contributed by atoms with Crippen LogP contribution in [0.5, 0.6) is 0 Å². The van der Waals surface area contributed by atoms with E-state index in [1.165, 1.54) is 0 Å². The van der Waals surface area contributed by atoms with Crippen LogP contribution >= 0.6 is 0 Å². The monoisotopic (exact) mass is 245 g/mol. The number of benzene rings is 2. The van der Waals surface area contributed by atoms with Gasteiger partial charge in [-0.2, -0.15) is 0 Å². The van der Waals surface area contributed by atoms with E-state index in [2.05, 4.69) is 0 Å². The van der Waals surface area contributed by atoms with Gasteiger partial charge in [0.05, 0.1) is 6.10 Å². The largest absolute Gasteiger partial charge is 0.390 e. The molecule has 3 heteroatoms. The molecule has 0 aromatic heterocycles. The Bertz CT molecular complexity index is 539. The van der Waals surface area contributed by atoms with Crippen molar-refractivity contribution in [3.8, 4) is 0 Å². The maximum atomic E-state index is 10.3. The van der Waals surface area contributed by atoms with Gasteiger partial charge in [0.2, 0.25) is 0 Å². The third kappa shape index (κ3) is 2.38. The first kappa shape index (κ1) is 13.0. The molecule has 0 spiro atoms. The summed E-state index contributed by atoms with van der Waals surface area (Å²) in [5.41, 5.74) is 7.21. The second kappa shape index (κ2) is 5.48. The molecule has 0 heterocycles. The predicted molar refractivity (Wildman–Crippen MR) is 73.3 cm³/mol. The quantitative estimate of drug-likeness (QED) is 0.770. The maximum Gasteiger partial charge on any atom is 0.106 e. The van der Waals surface area contributed by atoms with Crippen molar-refractivity contribution in [2.45, 2.75) is 25.6 Å². The fourth-order valence-corrected chi connectivity index (χ4v) is 2.32. The molecule has 2 unspecified atom stereocenters. The summed E-state index contributed by atoms with van der Waals surface area (Å²) in [5.74, 6) is 0. The molecule has 96 valence electrons. The topological polar surface area (TPSA) is 66.5 Å². The number of aliphatic hydroxyl groups is 2. The van der Waals surface area contributed by atoms with E-state index in [9.17, 15) is 10.2 Å². The minimum atomic E-state index is -0.889. The minimum Gasteiger partial charge on any atom is -0.390 e. The van der Waals surface area contributed by atoms with Crippen LogP contribution in [0, 0.1) is 6.92 Å². The lowest BCUT2D eigenvalue weighted by atomic mass is 9.92. The lowest BCUT2D eigenvalue weighted by molar-refractivity contribution is 0.0155. The second-order valence-corrected chi connectivity index (χ2v) is 4.61. The van der Waals surface area contributed by atoms with E-state index < -0.39 is 12.2 Å². The Morgan fingerprint density at radius 2 is 1.83 bits per heavy atom. The lowest BCUT2D eigenvalue weighted by Crippen LogP contribution is -2.22. The van der Waals surface area contributed by atoms with Gasteiger partial charge in [0, 0.05) is 0 Å². The Balaban J connectivity index is 2.51. The van der Waals surface area contributed by atoms with E-state index in [4.69, 9.17) is 5.73 Å². The van der Waals surface area contributed by atoms with Gasteiger partial charge in [-0.05, 0) is 41.8 Å². The molecule has 2 aromatic carbocycles. The average Bonchev–Trinajstić information content (AvgIpc) is 2.38. The van der Waals surface area contributed by atoms with Crippen molar-refractivity contribution in [2.75, 3.05) is 6.54 Å². The van der Waals surface area contributed by atoms with E-state index in [0.29, 0.717) is 13.0 Å². The molecule has 0 fully saturated rings. The van der Waals surface area contributed by atoms with Crippen molar-refractivity contribution in [1.82, 2.24) is 0 Å². The van der Waals surface area contributed by atoms with Gasteiger partial charge in [-0.15, -0.1) is 0 Å². The van der Waals surface area contributed by atoms with Gasteiger partial charge in [0.1, 0.15) is 6.10 Å². The number of hydrogen-bond donors (Lipinski definition) is 3. The SMILES string of the molecule is Cc1ccc2ccccc2c1C(O)C(O)CCN. The van der Waals surface area contributed by atoms with Gasteiger partial charge in [-0.25, -0.2) is 0 Å². The summed E-state index contributed by atoms with van der Waals surface area (Å²) in [6.07, 6.45) is -1.32. The molecule has 2 rings (SSSR count). The molecular weight excluding hydrogens is 226 g/mol. The normalized spacial score (nSPS) is 14.7. The molecule has 0 aliphatic carbocycles. The van der Waals surface area contributed by atoms with E-state index in [-0.39, 0.29) is 0 Å². The number of aryl methyl sites for hydroxylation is 1. The summed E-state index contributed by atoms with van der Waals surface area (Å²) in [7, 11) is 0. The molecular formula is C15H19NO2. The van der Waals surface area contributed by atoms with Crippen molar-refractivity contribution in [3.05, 3.63) is 47.5 Å². The Kier molecular flexibility index (Phi) is 3.97. The highest BCUT2D eigenvalue weighted by atomic mass is 16.3. The molecule has 4 N–H and O–H groups in total. The number of aliphatic hydroxyl groups excluding tert-OH is 2. The highest BCUT2D eigenvalue weighted by molar-refractivity contribution is 5.87. The van der Waals surface area contributed by atoms with E-state index in [1.54, 1.807) is 0 Å². The smallest absolute Gasteiger partial charge is 0.106 e. The van der Waals surface area contributed by atoms with Crippen LogP contribution in [0.1, 0.15) is 23.7 Å². The summed E-state index contributed by atoms with van der Waals surface area (Å²) >= 11 is 0. The first-order valence-electron chi connectivity index (χ1n) is 6.19. The standard InChI is InChI=1S/C15H19NO2/c1-10-6-7-11-4-2-3-5-12(11)14(10)15(18)13(17)8-9-16/h2-7,13,15,17-18H,8-9,16H2,1H3. The number of fused-ring (bicyclic) bond motifs is 1. The van der Waals surface area contributed by atoms with Crippen molar-refractivity contribution < 1.29 is 10.2 Å². The van der Waals surface area contributed by atoms with Gasteiger partial charge in [0.25, 0.3) is 0 Å². The Labute approximate surface area is 107 Å². The summed E-state index contributed by atoms with van der Waals surface area (Å²) in [4.78, 5) is 0. The van der Waals surface area contributed by atoms with Gasteiger partial charge < -0.3 is 15.9 Å². The van der Waals surface area contributed by atoms with Crippen molar-refractivity contribution in [3.63, 3.8) is 0 Å². The molecule has 0 radical (unpaired) electrons. The average molecular weight is 245 g/mol. The predicted octanol–water partition coefficient (Wildman–Crippen LogP) is 1.89. The van der Waals surface area contributed by atoms with Crippen LogP contribution in [-0.4, -0.2) is 22.9 Å². The van der Waals surface area contributed by atoms with Crippen molar-refractivity contribution in [1.29, 1.82) is 0 Å². The van der Waals surface area contributed by atoms with Crippen LogP contribution in [0.15, 0.2) is 36.4 Å². The fourth-order valence-electron chi connectivity index (χ4n) is 2.32. The molecule has 0 aliphatic rings. The zero-order valence-electron chi connectivity index (χ0n) is 10.5. The van der Waals surface area contributed by atoms with Gasteiger partial charge >= 0.3 is 0 Å². The number of hydrogen-bond acceptors (Lipinski definition) is 3. The molecule has 0 aliphatic heterocycles. The van der Waals surface area contributed by atoms with Crippen LogP contribution in [0.2, 0.25) is 0 Å². The molecule has 0 amide bonds. The van der Waals surface area contributed by atoms with Gasteiger partial charge in [-0.1, -0.05) is 36.4 Å². The highest BCUT2D eigenvalue weighted by Crippen LogP contribution is 2.30. The number of nitrogens with two attached hydrogens (primary N) is 1. The minimum absolute atomic E-state index is 0.363. The third-order valence-electron chi connectivity index (χ3n) is 3.31. The highest BCUT2D eigenvalue weighted by Gasteiger charge is 2.21. The Morgan fingerprint density at radius 3 is 2.56 bits per heavy atom. The Morgan fingerprint density at radius 1 is 1.11 bits per heavy atom. The van der Waals surface area contributed by atoms with Crippen molar-refractivity contribution >= 4 is 10.8 Å². The third-order valence-corrected chi connectivity index (χ3v) is 3.31. The summed E-state index contributed by atoms with van der Waals surface area (Å²) in [5, 5.41) is 22.3. The van der Waals surface area contributed by atoms with Gasteiger partial charge in [-0.3, -0.25) is 0 Å². The van der Waals surface area contributed by atoms with Crippen LogP contribution in [0.25, 0.3) is 10.8 Å². The fraction of sp³-hybridized carbons (Fsp3) is 0.333. The second-order valence-electron chi connectivity index (χ2n) is 4.61. The molecule has 0 bridgehead atoms. The molecule has 0 saturated carbocycles. The van der Waals surface area contributed by atoms with E-state index in [0.717, 1.165) is 21.9 Å². The summed E-state index contributed by atoms with van der Waals surface area (Å²) in [6, 6.07) is 11.9. The van der Waals surface area contributed by atoms with E-state index >= 15 is 0 Å².